The predicted octanol–water partition coefficient (Wildman–Crippen LogP) is 2.28. The van der Waals surface area contributed by atoms with E-state index in [9.17, 15) is 8.42 Å². The van der Waals surface area contributed by atoms with Crippen molar-refractivity contribution in [3.05, 3.63) is 45.9 Å². The van der Waals surface area contributed by atoms with Crippen LogP contribution in [0.2, 0.25) is 5.15 Å². The number of hydrogen-bond acceptors (Lipinski definition) is 4. The van der Waals surface area contributed by atoms with Crippen LogP contribution in [-0.2, 0) is 16.6 Å². The highest BCUT2D eigenvalue weighted by Gasteiger charge is 2.17. The van der Waals surface area contributed by atoms with E-state index in [2.05, 4.69) is 9.71 Å². The van der Waals surface area contributed by atoms with E-state index in [4.69, 9.17) is 11.6 Å². The third kappa shape index (κ3) is 3.04. The van der Waals surface area contributed by atoms with Crippen LogP contribution < -0.4 is 4.72 Å². The summed E-state index contributed by atoms with van der Waals surface area (Å²) in [6.45, 7) is 0.255. The monoisotopic (exact) mass is 288 g/mol. The van der Waals surface area contributed by atoms with E-state index in [1.165, 1.54) is 29.7 Å². The quantitative estimate of drug-likeness (QED) is 0.878. The Labute approximate surface area is 108 Å². The first kappa shape index (κ1) is 12.5. The Morgan fingerprint density at radius 2 is 2.18 bits per heavy atom. The van der Waals surface area contributed by atoms with Crippen molar-refractivity contribution < 1.29 is 8.42 Å². The minimum absolute atomic E-state index is 0.00165. The van der Waals surface area contributed by atoms with E-state index in [-0.39, 0.29) is 16.6 Å². The number of aromatic nitrogens is 1. The molecule has 17 heavy (non-hydrogen) atoms. The molecule has 0 atom stereocenters. The van der Waals surface area contributed by atoms with Crippen molar-refractivity contribution >= 4 is 33.0 Å². The molecular formula is C10H9ClN2O2S2. The Hall–Kier alpha value is -0.950. The van der Waals surface area contributed by atoms with Crippen LogP contribution in [0, 0.1) is 0 Å². The second-order valence-electron chi connectivity index (χ2n) is 3.20. The van der Waals surface area contributed by atoms with Gasteiger partial charge in [-0.25, -0.2) is 18.1 Å². The molecule has 2 aromatic heterocycles. The highest BCUT2D eigenvalue weighted by molar-refractivity contribution is 7.89. The number of thiophene rings is 1. The highest BCUT2D eigenvalue weighted by Crippen LogP contribution is 2.18. The molecule has 0 unspecified atom stereocenters. The molecule has 0 aliphatic rings. The Morgan fingerprint density at radius 1 is 1.35 bits per heavy atom. The van der Waals surface area contributed by atoms with Gasteiger partial charge in [-0.1, -0.05) is 17.7 Å². The summed E-state index contributed by atoms with van der Waals surface area (Å²) >= 11 is 7.23. The molecule has 4 nitrogen and oxygen atoms in total. The Morgan fingerprint density at radius 3 is 2.82 bits per heavy atom. The number of pyridine rings is 1. The molecule has 0 aromatic carbocycles. The van der Waals surface area contributed by atoms with Gasteiger partial charge in [-0.15, -0.1) is 11.3 Å². The second-order valence-corrected chi connectivity index (χ2v) is 6.32. The Bertz CT molecular complexity index is 597. The molecule has 0 saturated carbocycles. The van der Waals surface area contributed by atoms with Gasteiger partial charge in [0.15, 0.2) is 0 Å². The molecular weight excluding hydrogens is 280 g/mol. The number of rotatable bonds is 4. The number of hydrogen-bond donors (Lipinski definition) is 1. The average molecular weight is 289 g/mol. The van der Waals surface area contributed by atoms with Crippen LogP contribution in [0.4, 0.5) is 0 Å². The molecule has 2 aromatic rings. The van der Waals surface area contributed by atoms with Crippen molar-refractivity contribution in [2.75, 3.05) is 0 Å². The van der Waals surface area contributed by atoms with Crippen molar-refractivity contribution in [3.8, 4) is 0 Å². The van der Waals surface area contributed by atoms with Gasteiger partial charge in [0.2, 0.25) is 10.0 Å². The molecule has 0 spiro atoms. The molecule has 0 saturated heterocycles. The van der Waals surface area contributed by atoms with Crippen LogP contribution in [0.1, 0.15) is 4.88 Å². The lowest BCUT2D eigenvalue weighted by molar-refractivity contribution is 0.581. The van der Waals surface area contributed by atoms with Gasteiger partial charge in [0.05, 0.1) is 0 Å². The molecule has 0 aliphatic heterocycles. The fourth-order valence-electron chi connectivity index (χ4n) is 1.23. The van der Waals surface area contributed by atoms with E-state index in [0.717, 1.165) is 4.88 Å². The van der Waals surface area contributed by atoms with Gasteiger partial charge in [-0.3, -0.25) is 0 Å². The van der Waals surface area contributed by atoms with E-state index < -0.39 is 10.0 Å². The average Bonchev–Trinajstić information content (AvgIpc) is 2.80. The summed E-state index contributed by atoms with van der Waals surface area (Å²) in [5, 5.41) is 1.87. The summed E-state index contributed by atoms with van der Waals surface area (Å²) in [4.78, 5) is 4.68. The lowest BCUT2D eigenvalue weighted by atomic mass is 10.5. The lowest BCUT2D eigenvalue weighted by Gasteiger charge is -2.06. The zero-order valence-corrected chi connectivity index (χ0v) is 11.0. The van der Waals surface area contributed by atoms with Crippen LogP contribution in [0.3, 0.4) is 0 Å². The van der Waals surface area contributed by atoms with Gasteiger partial charge in [0.1, 0.15) is 10.0 Å². The molecule has 0 fully saturated rings. The summed E-state index contributed by atoms with van der Waals surface area (Å²) in [7, 11) is -3.60. The van der Waals surface area contributed by atoms with Crippen molar-refractivity contribution in [1.82, 2.24) is 9.71 Å². The van der Waals surface area contributed by atoms with Crippen LogP contribution in [0.25, 0.3) is 0 Å². The molecule has 1 N–H and O–H groups in total. The largest absolute Gasteiger partial charge is 0.243 e. The predicted molar refractivity (Wildman–Crippen MR) is 67.6 cm³/mol. The highest BCUT2D eigenvalue weighted by atomic mass is 35.5. The zero-order valence-electron chi connectivity index (χ0n) is 8.63. The molecule has 2 rings (SSSR count). The summed E-state index contributed by atoms with van der Waals surface area (Å²) < 4.78 is 26.3. The first-order valence-corrected chi connectivity index (χ1v) is 7.46. The maximum Gasteiger partial charge on any atom is 0.243 e. The normalized spacial score (nSPS) is 11.6. The lowest BCUT2D eigenvalue weighted by Crippen LogP contribution is -2.23. The number of nitrogens with one attached hydrogen (secondary N) is 1. The smallest absolute Gasteiger partial charge is 0.243 e. The molecule has 7 heteroatoms. The van der Waals surface area contributed by atoms with Gasteiger partial charge in [-0.05, 0) is 23.6 Å². The zero-order chi connectivity index (χ0) is 12.3. The number of halogens is 1. The van der Waals surface area contributed by atoms with Gasteiger partial charge in [0.25, 0.3) is 0 Å². The topological polar surface area (TPSA) is 59.1 Å². The Kier molecular flexibility index (Phi) is 3.78. The molecule has 0 radical (unpaired) electrons. The first-order valence-electron chi connectivity index (χ1n) is 4.72. The number of nitrogens with zero attached hydrogens (tertiary/aromatic N) is 1. The SMILES string of the molecule is O=S(=O)(NCc1cccs1)c1cccnc1Cl. The van der Waals surface area contributed by atoms with Gasteiger partial charge >= 0.3 is 0 Å². The summed E-state index contributed by atoms with van der Waals surface area (Å²) in [6, 6.07) is 6.68. The van der Waals surface area contributed by atoms with Crippen LogP contribution in [-0.4, -0.2) is 13.4 Å². The van der Waals surface area contributed by atoms with Gasteiger partial charge in [-0.2, -0.15) is 0 Å². The van der Waals surface area contributed by atoms with Crippen molar-refractivity contribution in [2.45, 2.75) is 11.4 Å². The first-order chi connectivity index (χ1) is 8.09. The fourth-order valence-corrected chi connectivity index (χ4v) is 3.42. The van der Waals surface area contributed by atoms with Gasteiger partial charge in [0, 0.05) is 17.6 Å². The Balaban J connectivity index is 2.17. The molecule has 0 amide bonds. The maximum absolute atomic E-state index is 11.9. The summed E-state index contributed by atoms with van der Waals surface area (Å²) in [6.07, 6.45) is 1.45. The maximum atomic E-state index is 11.9. The molecule has 0 bridgehead atoms. The minimum atomic E-state index is -3.60. The van der Waals surface area contributed by atoms with Crippen LogP contribution in [0.5, 0.6) is 0 Å². The third-order valence-corrected chi connectivity index (χ3v) is 4.75. The fraction of sp³-hybridized carbons (Fsp3) is 0.100. The number of sulfonamides is 1. The minimum Gasteiger partial charge on any atom is -0.243 e. The van der Waals surface area contributed by atoms with Crippen LogP contribution in [0.15, 0.2) is 40.7 Å². The third-order valence-electron chi connectivity index (χ3n) is 2.03. The molecule has 0 aliphatic carbocycles. The van der Waals surface area contributed by atoms with E-state index in [1.807, 2.05) is 17.5 Å². The molecule has 2 heterocycles. The van der Waals surface area contributed by atoms with Gasteiger partial charge < -0.3 is 0 Å². The van der Waals surface area contributed by atoms with Crippen molar-refractivity contribution in [1.29, 1.82) is 0 Å². The van der Waals surface area contributed by atoms with Crippen molar-refractivity contribution in [3.63, 3.8) is 0 Å². The van der Waals surface area contributed by atoms with E-state index in [1.54, 1.807) is 0 Å². The molecule has 90 valence electrons. The van der Waals surface area contributed by atoms with Crippen molar-refractivity contribution in [2.24, 2.45) is 0 Å². The summed E-state index contributed by atoms with van der Waals surface area (Å²) in [5.41, 5.74) is 0. The second kappa shape index (κ2) is 5.14. The van der Waals surface area contributed by atoms with E-state index >= 15 is 0 Å². The standard InChI is InChI=1S/C10H9ClN2O2S2/c11-10-9(4-1-5-12-10)17(14,15)13-7-8-3-2-6-16-8/h1-6,13H,7H2. The summed E-state index contributed by atoms with van der Waals surface area (Å²) in [5.74, 6) is 0. The van der Waals surface area contributed by atoms with E-state index in [0.29, 0.717) is 0 Å². The van der Waals surface area contributed by atoms with Crippen LogP contribution >= 0.6 is 22.9 Å².